The first-order chi connectivity index (χ1) is 18.4. The molecule has 0 saturated heterocycles. The summed E-state index contributed by atoms with van der Waals surface area (Å²) in [4.78, 5) is 42.2. The van der Waals surface area contributed by atoms with Crippen molar-refractivity contribution in [2.45, 2.75) is 124 Å². The maximum Gasteiger partial charge on any atom is 0.408 e. The molecule has 3 unspecified atom stereocenters. The number of carbonyl (C=O) groups excluding carboxylic acids is 3. The van der Waals surface area contributed by atoms with E-state index in [1.54, 1.807) is 43.9 Å². The van der Waals surface area contributed by atoms with Gasteiger partial charge in [0.2, 0.25) is 11.8 Å². The average molecular weight is 548 g/mol. The second kappa shape index (κ2) is 17.7. The predicted octanol–water partition coefficient (Wildman–Crippen LogP) is 6.48. The molecule has 39 heavy (non-hydrogen) atoms. The second-order valence-corrected chi connectivity index (χ2v) is 11.5. The molecule has 3 N–H and O–H groups in total. The van der Waals surface area contributed by atoms with E-state index in [2.05, 4.69) is 17.6 Å². The fourth-order valence-corrected chi connectivity index (χ4v) is 4.38. The molecule has 3 amide bonds. The van der Waals surface area contributed by atoms with Gasteiger partial charge in [-0.25, -0.2) is 4.79 Å². The van der Waals surface area contributed by atoms with Crippen LogP contribution in [0.5, 0.6) is 5.75 Å². The van der Waals surface area contributed by atoms with Gasteiger partial charge in [-0.3, -0.25) is 9.59 Å². The summed E-state index contributed by atoms with van der Waals surface area (Å²) in [7, 11) is 0. The lowest BCUT2D eigenvalue weighted by atomic mass is 9.95. The Labute approximate surface area is 236 Å². The van der Waals surface area contributed by atoms with Crippen LogP contribution in [0.15, 0.2) is 24.3 Å². The number of unbranched alkanes of at least 4 members (excludes halogenated alkanes) is 6. The molecule has 0 bridgehead atoms. The quantitative estimate of drug-likeness (QED) is 0.194. The van der Waals surface area contributed by atoms with Gasteiger partial charge in [0.25, 0.3) is 0 Å². The van der Waals surface area contributed by atoms with E-state index in [1.165, 1.54) is 12.5 Å². The highest BCUT2D eigenvalue weighted by Gasteiger charge is 2.38. The molecule has 0 heterocycles. The summed E-state index contributed by atoms with van der Waals surface area (Å²) in [6.45, 7) is 14.3. The second-order valence-electron chi connectivity index (χ2n) is 11.5. The van der Waals surface area contributed by atoms with E-state index in [4.69, 9.17) is 4.74 Å². The molecule has 0 radical (unpaired) electrons. The first-order valence-corrected chi connectivity index (χ1v) is 14.8. The third-order valence-electron chi connectivity index (χ3n) is 6.76. The number of rotatable bonds is 17. The minimum atomic E-state index is -0.941. The Morgan fingerprint density at radius 1 is 0.974 bits per heavy atom. The van der Waals surface area contributed by atoms with Gasteiger partial charge in [0.15, 0.2) is 0 Å². The van der Waals surface area contributed by atoms with Crippen LogP contribution < -0.4 is 10.6 Å². The molecular formula is C31H53N3O5. The SMILES string of the molecule is CCCCCCCCN(C(=O)C(NC(=O)OC(C)(C)C)C(C)CC)C(C(=O)NCCCC)c1cccc(O)c1. The van der Waals surface area contributed by atoms with Gasteiger partial charge in [0, 0.05) is 13.1 Å². The van der Waals surface area contributed by atoms with Gasteiger partial charge < -0.3 is 25.4 Å². The molecule has 8 heteroatoms. The van der Waals surface area contributed by atoms with Crippen molar-refractivity contribution in [3.8, 4) is 5.75 Å². The van der Waals surface area contributed by atoms with E-state index in [0.29, 0.717) is 25.1 Å². The minimum Gasteiger partial charge on any atom is -0.508 e. The average Bonchev–Trinajstić information content (AvgIpc) is 2.86. The zero-order valence-electron chi connectivity index (χ0n) is 25.3. The van der Waals surface area contributed by atoms with Gasteiger partial charge >= 0.3 is 6.09 Å². The van der Waals surface area contributed by atoms with E-state index in [0.717, 1.165) is 44.9 Å². The maximum atomic E-state index is 14.3. The number of phenols is 1. The number of phenolic OH excluding ortho intramolecular Hbond substituents is 1. The highest BCUT2D eigenvalue weighted by molar-refractivity contribution is 5.92. The summed E-state index contributed by atoms with van der Waals surface area (Å²) in [6, 6.07) is 4.70. The number of alkyl carbamates (subject to hydrolysis) is 1. The molecular weight excluding hydrogens is 494 g/mol. The number of aromatic hydroxyl groups is 1. The Bertz CT molecular complexity index is 883. The Morgan fingerprint density at radius 3 is 2.21 bits per heavy atom. The number of hydrogen-bond donors (Lipinski definition) is 3. The first kappa shape index (κ1) is 34.3. The van der Waals surface area contributed by atoms with Crippen LogP contribution in [0.2, 0.25) is 0 Å². The molecule has 1 aromatic carbocycles. The Morgan fingerprint density at radius 2 is 1.62 bits per heavy atom. The number of carbonyl (C=O) groups is 3. The van der Waals surface area contributed by atoms with Crippen molar-refractivity contribution in [2.24, 2.45) is 5.92 Å². The summed E-state index contributed by atoms with van der Waals surface area (Å²) in [5.74, 6) is -0.794. The van der Waals surface area contributed by atoms with Crippen LogP contribution >= 0.6 is 0 Å². The molecule has 0 spiro atoms. The van der Waals surface area contributed by atoms with Crippen molar-refractivity contribution in [3.63, 3.8) is 0 Å². The lowest BCUT2D eigenvalue weighted by molar-refractivity contribution is -0.143. The van der Waals surface area contributed by atoms with Crippen molar-refractivity contribution < 1.29 is 24.2 Å². The number of benzene rings is 1. The van der Waals surface area contributed by atoms with Gasteiger partial charge in [-0.1, -0.05) is 84.8 Å². The molecule has 0 aliphatic rings. The van der Waals surface area contributed by atoms with Gasteiger partial charge in [-0.05, 0) is 57.2 Å². The predicted molar refractivity (Wildman–Crippen MR) is 156 cm³/mol. The number of hydrogen-bond acceptors (Lipinski definition) is 5. The van der Waals surface area contributed by atoms with Crippen LogP contribution in [0.4, 0.5) is 4.79 Å². The topological polar surface area (TPSA) is 108 Å². The molecule has 0 aromatic heterocycles. The molecule has 0 aliphatic carbocycles. The van der Waals surface area contributed by atoms with Crippen LogP contribution in [0.3, 0.4) is 0 Å². The minimum absolute atomic E-state index is 0.0242. The zero-order chi connectivity index (χ0) is 29.4. The number of nitrogens with zero attached hydrogens (tertiary/aromatic N) is 1. The van der Waals surface area contributed by atoms with Crippen molar-refractivity contribution in [3.05, 3.63) is 29.8 Å². The molecule has 0 fully saturated rings. The van der Waals surface area contributed by atoms with Crippen LogP contribution in [0, 0.1) is 5.92 Å². The highest BCUT2D eigenvalue weighted by atomic mass is 16.6. The van der Waals surface area contributed by atoms with Crippen LogP contribution in [-0.4, -0.2) is 52.6 Å². The normalized spacial score (nSPS) is 13.7. The van der Waals surface area contributed by atoms with Crippen LogP contribution in [-0.2, 0) is 14.3 Å². The molecule has 0 saturated carbocycles. The van der Waals surface area contributed by atoms with Crippen molar-refractivity contribution >= 4 is 17.9 Å². The molecule has 222 valence electrons. The number of nitrogens with one attached hydrogen (secondary N) is 2. The van der Waals surface area contributed by atoms with Gasteiger partial charge in [0.1, 0.15) is 23.4 Å². The highest BCUT2D eigenvalue weighted by Crippen LogP contribution is 2.27. The summed E-state index contributed by atoms with van der Waals surface area (Å²) < 4.78 is 5.47. The molecule has 3 atom stereocenters. The van der Waals surface area contributed by atoms with Gasteiger partial charge in [0.05, 0.1) is 0 Å². The van der Waals surface area contributed by atoms with Crippen molar-refractivity contribution in [1.29, 1.82) is 0 Å². The van der Waals surface area contributed by atoms with E-state index in [1.807, 2.05) is 20.8 Å². The molecule has 1 rings (SSSR count). The summed E-state index contributed by atoms with van der Waals surface area (Å²) >= 11 is 0. The number of amides is 3. The third-order valence-corrected chi connectivity index (χ3v) is 6.76. The van der Waals surface area contributed by atoms with E-state index < -0.39 is 23.8 Å². The van der Waals surface area contributed by atoms with E-state index in [-0.39, 0.29) is 23.5 Å². The van der Waals surface area contributed by atoms with Crippen molar-refractivity contribution in [2.75, 3.05) is 13.1 Å². The van der Waals surface area contributed by atoms with Crippen LogP contribution in [0.1, 0.15) is 118 Å². The third kappa shape index (κ3) is 12.8. The van der Waals surface area contributed by atoms with Gasteiger partial charge in [-0.2, -0.15) is 0 Å². The smallest absolute Gasteiger partial charge is 0.408 e. The fraction of sp³-hybridized carbons (Fsp3) is 0.710. The van der Waals surface area contributed by atoms with E-state index in [9.17, 15) is 19.5 Å². The summed E-state index contributed by atoms with van der Waals surface area (Å²) in [5, 5.41) is 16.0. The zero-order valence-corrected chi connectivity index (χ0v) is 25.3. The monoisotopic (exact) mass is 547 g/mol. The largest absolute Gasteiger partial charge is 0.508 e. The van der Waals surface area contributed by atoms with Crippen molar-refractivity contribution in [1.82, 2.24) is 15.5 Å². The fourth-order valence-electron chi connectivity index (χ4n) is 4.38. The van der Waals surface area contributed by atoms with Gasteiger partial charge in [-0.15, -0.1) is 0 Å². The molecule has 0 aliphatic heterocycles. The first-order valence-electron chi connectivity index (χ1n) is 14.8. The molecule has 8 nitrogen and oxygen atoms in total. The van der Waals surface area contributed by atoms with Crippen LogP contribution in [0.25, 0.3) is 0 Å². The maximum absolute atomic E-state index is 14.3. The summed E-state index contributed by atoms with van der Waals surface area (Å²) in [5.41, 5.74) is -0.183. The Kier molecular flexibility index (Phi) is 15.6. The molecule has 1 aromatic rings. The van der Waals surface area contributed by atoms with E-state index >= 15 is 0 Å². The number of ether oxygens (including phenoxy) is 1. The summed E-state index contributed by atoms with van der Waals surface area (Å²) in [6.07, 6.45) is 7.90. The Balaban J connectivity index is 3.43. The Hall–Kier alpha value is -2.77. The standard InChI is InChI=1S/C31H53N3O5/c1-8-11-13-14-15-16-21-34(29(37)26(23(4)10-3)33-30(38)39-31(5,6)7)27(28(36)32-20-12-9-2)24-18-17-19-25(35)22-24/h17-19,22-23,26-27,35H,8-16,20-21H2,1-7H3,(H,32,36)(H,33,38). The lowest BCUT2D eigenvalue weighted by Crippen LogP contribution is -2.55. The lowest BCUT2D eigenvalue weighted by Gasteiger charge is -2.36.